The van der Waals surface area contributed by atoms with Crippen molar-refractivity contribution in [2.24, 2.45) is 0 Å². The molecule has 0 fully saturated rings. The standard InChI is InChI=1S/C22H20F3N3O2/c1-14-10-11-27(18-9-4-3-8-17(14)18)21(29)20-19(30-2)13-28(26-20)16-7-5-6-15(12-16)22(23,24)25/h3-9,12-14H,10-11H2,1-2H3. The molecule has 1 aromatic heterocycles. The van der Waals surface area contributed by atoms with Crippen LogP contribution in [0.2, 0.25) is 0 Å². The van der Waals surface area contributed by atoms with Gasteiger partial charge in [-0.2, -0.15) is 18.3 Å². The molecule has 5 nitrogen and oxygen atoms in total. The number of amides is 1. The van der Waals surface area contributed by atoms with Crippen LogP contribution < -0.4 is 9.64 Å². The van der Waals surface area contributed by atoms with Crippen molar-refractivity contribution in [2.45, 2.75) is 25.4 Å². The number of hydrogen-bond donors (Lipinski definition) is 0. The van der Waals surface area contributed by atoms with Crippen molar-refractivity contribution in [3.63, 3.8) is 0 Å². The second kappa shape index (κ2) is 7.51. The molecule has 0 saturated carbocycles. The van der Waals surface area contributed by atoms with Crippen molar-refractivity contribution in [1.82, 2.24) is 9.78 Å². The van der Waals surface area contributed by atoms with Crippen LogP contribution in [-0.2, 0) is 6.18 Å². The van der Waals surface area contributed by atoms with Crippen LogP contribution in [0, 0.1) is 0 Å². The van der Waals surface area contributed by atoms with Crippen molar-refractivity contribution in [3.8, 4) is 11.4 Å². The minimum atomic E-state index is -4.47. The molecule has 1 aliphatic heterocycles. The van der Waals surface area contributed by atoms with Gasteiger partial charge >= 0.3 is 6.18 Å². The monoisotopic (exact) mass is 415 g/mol. The molecule has 30 heavy (non-hydrogen) atoms. The van der Waals surface area contributed by atoms with Gasteiger partial charge in [-0.25, -0.2) is 4.68 Å². The molecule has 1 aliphatic rings. The SMILES string of the molecule is COc1cn(-c2cccc(C(F)(F)F)c2)nc1C(=O)N1CCC(C)c2ccccc21. The molecule has 0 spiro atoms. The molecule has 156 valence electrons. The number of carbonyl (C=O) groups is 1. The highest BCUT2D eigenvalue weighted by Crippen LogP contribution is 2.36. The Morgan fingerprint density at radius 1 is 1.17 bits per heavy atom. The Bertz CT molecular complexity index is 1090. The van der Waals surface area contributed by atoms with Gasteiger partial charge in [-0.3, -0.25) is 4.79 Å². The molecule has 0 N–H and O–H groups in total. The third-order valence-electron chi connectivity index (χ3n) is 5.33. The second-order valence-electron chi connectivity index (χ2n) is 7.24. The van der Waals surface area contributed by atoms with Crippen molar-refractivity contribution < 1.29 is 22.7 Å². The predicted molar refractivity (Wildman–Crippen MR) is 106 cm³/mol. The lowest BCUT2D eigenvalue weighted by atomic mass is 9.91. The van der Waals surface area contributed by atoms with E-state index in [4.69, 9.17) is 4.74 Å². The Hall–Kier alpha value is -3.29. The van der Waals surface area contributed by atoms with E-state index < -0.39 is 11.7 Å². The van der Waals surface area contributed by atoms with E-state index in [0.717, 1.165) is 29.8 Å². The van der Waals surface area contributed by atoms with Crippen LogP contribution in [0.4, 0.5) is 18.9 Å². The Balaban J connectivity index is 1.72. The number of para-hydroxylation sites is 1. The van der Waals surface area contributed by atoms with E-state index in [1.165, 1.54) is 30.1 Å². The fraction of sp³-hybridized carbons (Fsp3) is 0.273. The van der Waals surface area contributed by atoms with E-state index in [2.05, 4.69) is 12.0 Å². The normalized spacial score (nSPS) is 16.3. The van der Waals surface area contributed by atoms with E-state index in [1.54, 1.807) is 4.90 Å². The quantitative estimate of drug-likeness (QED) is 0.601. The number of fused-ring (bicyclic) bond motifs is 1. The zero-order chi connectivity index (χ0) is 21.5. The Morgan fingerprint density at radius 3 is 2.67 bits per heavy atom. The number of hydrogen-bond acceptors (Lipinski definition) is 3. The summed E-state index contributed by atoms with van der Waals surface area (Å²) in [6.45, 7) is 2.64. The first-order chi connectivity index (χ1) is 14.3. The summed E-state index contributed by atoms with van der Waals surface area (Å²) in [5.41, 5.74) is 1.35. The zero-order valence-electron chi connectivity index (χ0n) is 16.5. The average molecular weight is 415 g/mol. The number of alkyl halides is 3. The van der Waals surface area contributed by atoms with Crippen LogP contribution in [-0.4, -0.2) is 29.3 Å². The molecule has 1 unspecified atom stereocenters. The molecule has 0 bridgehead atoms. The Kier molecular flexibility index (Phi) is 5.01. The van der Waals surface area contributed by atoms with E-state index in [0.29, 0.717) is 12.5 Å². The van der Waals surface area contributed by atoms with Gasteiger partial charge in [0.15, 0.2) is 11.4 Å². The summed E-state index contributed by atoms with van der Waals surface area (Å²) in [5.74, 6) is 0.181. The molecule has 1 atom stereocenters. The minimum Gasteiger partial charge on any atom is -0.493 e. The topological polar surface area (TPSA) is 47.4 Å². The number of rotatable bonds is 3. The van der Waals surface area contributed by atoms with Crippen molar-refractivity contribution in [2.75, 3.05) is 18.6 Å². The number of halogens is 3. The molecule has 4 rings (SSSR count). The van der Waals surface area contributed by atoms with Crippen molar-refractivity contribution >= 4 is 11.6 Å². The van der Waals surface area contributed by atoms with Gasteiger partial charge in [0.05, 0.1) is 24.6 Å². The van der Waals surface area contributed by atoms with E-state index in [1.807, 2.05) is 24.3 Å². The first kappa shape index (κ1) is 20.0. The smallest absolute Gasteiger partial charge is 0.416 e. The van der Waals surface area contributed by atoms with Crippen LogP contribution in [0.3, 0.4) is 0 Å². The molecule has 3 aromatic rings. The molecule has 8 heteroatoms. The molecule has 0 aliphatic carbocycles. The van der Waals surface area contributed by atoms with Crippen LogP contribution in [0.5, 0.6) is 5.75 Å². The largest absolute Gasteiger partial charge is 0.493 e. The maximum atomic E-state index is 13.3. The van der Waals surface area contributed by atoms with Gasteiger partial charge < -0.3 is 9.64 Å². The van der Waals surface area contributed by atoms with E-state index in [-0.39, 0.29) is 23.0 Å². The van der Waals surface area contributed by atoms with Gasteiger partial charge in [0.2, 0.25) is 0 Å². The van der Waals surface area contributed by atoms with Gasteiger partial charge in [-0.15, -0.1) is 0 Å². The number of methoxy groups -OCH3 is 1. The molecular formula is C22H20F3N3O2. The highest BCUT2D eigenvalue weighted by atomic mass is 19.4. The number of carbonyl (C=O) groups excluding carboxylic acids is 1. The lowest BCUT2D eigenvalue weighted by molar-refractivity contribution is -0.137. The summed E-state index contributed by atoms with van der Waals surface area (Å²) in [7, 11) is 1.40. The average Bonchev–Trinajstić information content (AvgIpc) is 3.18. The number of aromatic nitrogens is 2. The summed E-state index contributed by atoms with van der Waals surface area (Å²) < 4.78 is 45.7. The van der Waals surface area contributed by atoms with Gasteiger partial charge in [-0.1, -0.05) is 31.2 Å². The van der Waals surface area contributed by atoms with Crippen LogP contribution in [0.1, 0.15) is 40.9 Å². The van der Waals surface area contributed by atoms with Gasteiger partial charge in [0.1, 0.15) is 0 Å². The first-order valence-electron chi connectivity index (χ1n) is 9.51. The highest BCUT2D eigenvalue weighted by Gasteiger charge is 2.32. The predicted octanol–water partition coefficient (Wildman–Crippen LogP) is 5.05. The maximum absolute atomic E-state index is 13.3. The van der Waals surface area contributed by atoms with Gasteiger partial charge in [0.25, 0.3) is 5.91 Å². The maximum Gasteiger partial charge on any atom is 0.416 e. The van der Waals surface area contributed by atoms with Crippen molar-refractivity contribution in [3.05, 3.63) is 71.5 Å². The number of benzene rings is 2. The fourth-order valence-electron chi connectivity index (χ4n) is 3.70. The van der Waals surface area contributed by atoms with Crippen LogP contribution in [0.15, 0.2) is 54.7 Å². The van der Waals surface area contributed by atoms with Gasteiger partial charge in [-0.05, 0) is 42.2 Å². The molecular weight excluding hydrogens is 395 g/mol. The molecule has 1 amide bonds. The molecule has 2 aromatic carbocycles. The molecule has 0 radical (unpaired) electrons. The highest BCUT2D eigenvalue weighted by molar-refractivity contribution is 6.07. The van der Waals surface area contributed by atoms with E-state index in [9.17, 15) is 18.0 Å². The second-order valence-corrected chi connectivity index (χ2v) is 7.24. The van der Waals surface area contributed by atoms with Crippen LogP contribution >= 0.6 is 0 Å². The summed E-state index contributed by atoms with van der Waals surface area (Å²) in [5, 5.41) is 4.27. The fourth-order valence-corrected chi connectivity index (χ4v) is 3.70. The lowest BCUT2D eigenvalue weighted by Crippen LogP contribution is -2.36. The number of ether oxygens (including phenoxy) is 1. The lowest BCUT2D eigenvalue weighted by Gasteiger charge is -2.32. The first-order valence-corrected chi connectivity index (χ1v) is 9.51. The number of nitrogens with zero attached hydrogens (tertiary/aromatic N) is 3. The Morgan fingerprint density at radius 2 is 1.93 bits per heavy atom. The van der Waals surface area contributed by atoms with E-state index >= 15 is 0 Å². The molecule has 0 saturated heterocycles. The third kappa shape index (κ3) is 3.53. The Labute approximate surface area is 171 Å². The summed E-state index contributed by atoms with van der Waals surface area (Å²) >= 11 is 0. The van der Waals surface area contributed by atoms with Gasteiger partial charge in [0, 0.05) is 12.2 Å². The minimum absolute atomic E-state index is 0.0549. The zero-order valence-corrected chi connectivity index (χ0v) is 16.5. The number of anilines is 1. The van der Waals surface area contributed by atoms with Crippen LogP contribution in [0.25, 0.3) is 5.69 Å². The third-order valence-corrected chi connectivity index (χ3v) is 5.33. The summed E-state index contributed by atoms with van der Waals surface area (Å²) in [4.78, 5) is 15.0. The van der Waals surface area contributed by atoms with Crippen molar-refractivity contribution in [1.29, 1.82) is 0 Å². The summed E-state index contributed by atoms with van der Waals surface area (Å²) in [6.07, 6.45) is -2.25. The molecule has 2 heterocycles. The summed E-state index contributed by atoms with van der Waals surface area (Å²) in [6, 6.07) is 12.5.